The van der Waals surface area contributed by atoms with Crippen LogP contribution in [-0.4, -0.2) is 76.0 Å². The van der Waals surface area contributed by atoms with E-state index in [1.165, 1.54) is 13.2 Å². The topological polar surface area (TPSA) is 138 Å². The summed E-state index contributed by atoms with van der Waals surface area (Å²) < 4.78 is 7.00. The summed E-state index contributed by atoms with van der Waals surface area (Å²) in [5.41, 5.74) is 0.798. The monoisotopic (exact) mass is 602 g/mol. The fourth-order valence-corrected chi connectivity index (χ4v) is 5.44. The minimum absolute atomic E-state index is 0.0400. The Morgan fingerprint density at radius 1 is 1.07 bits per heavy atom. The highest BCUT2D eigenvalue weighted by molar-refractivity contribution is 6.46. The third-order valence-electron chi connectivity index (χ3n) is 7.79. The van der Waals surface area contributed by atoms with Crippen LogP contribution in [0.2, 0.25) is 6.82 Å². The normalized spacial score (nSPS) is 14.5. The van der Waals surface area contributed by atoms with Crippen molar-refractivity contribution in [1.82, 2.24) is 25.0 Å². The van der Waals surface area contributed by atoms with Crippen LogP contribution >= 0.6 is 0 Å². The maximum Gasteiger partial charge on any atom is 0.374 e. The van der Waals surface area contributed by atoms with E-state index in [4.69, 9.17) is 4.74 Å². The van der Waals surface area contributed by atoms with E-state index in [1.807, 2.05) is 59.5 Å². The number of methoxy groups -OCH3 is 1. The van der Waals surface area contributed by atoms with Gasteiger partial charge in [-0.3, -0.25) is 14.4 Å². The van der Waals surface area contributed by atoms with Gasteiger partial charge in [0.25, 0.3) is 0 Å². The minimum Gasteiger partial charge on any atom is -0.497 e. The fourth-order valence-electron chi connectivity index (χ4n) is 5.44. The Labute approximate surface area is 259 Å². The van der Waals surface area contributed by atoms with Crippen LogP contribution in [0.15, 0.2) is 67.1 Å². The average Bonchev–Trinajstić information content (AvgIpc) is 3.70. The van der Waals surface area contributed by atoms with Gasteiger partial charge in [-0.05, 0) is 76.0 Å². The molecule has 0 spiro atoms. The SMILES string of the molecule is COc1ccc(C(C(=O)N2CCCC2)n2cnc(NC(=O)C(CCCc3ccccc3)NC(=O)C(C)(C)NB(C)O)c2)cc1. The van der Waals surface area contributed by atoms with Crippen molar-refractivity contribution in [1.29, 1.82) is 0 Å². The lowest BCUT2D eigenvalue weighted by molar-refractivity contribution is -0.132. The number of carbonyl (C=O) groups excluding carboxylic acids is 3. The van der Waals surface area contributed by atoms with Gasteiger partial charge in [0.05, 0.1) is 19.0 Å². The van der Waals surface area contributed by atoms with Gasteiger partial charge in [-0.15, -0.1) is 0 Å². The van der Waals surface area contributed by atoms with Crippen molar-refractivity contribution in [2.45, 2.75) is 70.4 Å². The van der Waals surface area contributed by atoms with E-state index in [-0.39, 0.29) is 11.7 Å². The van der Waals surface area contributed by atoms with E-state index in [2.05, 4.69) is 20.8 Å². The molecule has 1 saturated heterocycles. The molecule has 0 saturated carbocycles. The number of aromatic nitrogens is 2. The highest BCUT2D eigenvalue weighted by atomic mass is 16.5. The number of likely N-dealkylation sites (tertiary alicyclic amines) is 1. The molecule has 0 bridgehead atoms. The number of benzene rings is 2. The summed E-state index contributed by atoms with van der Waals surface area (Å²) >= 11 is 0. The second-order valence-corrected chi connectivity index (χ2v) is 11.8. The number of amides is 3. The van der Waals surface area contributed by atoms with Crippen LogP contribution in [0.5, 0.6) is 5.75 Å². The molecule has 44 heavy (non-hydrogen) atoms. The zero-order valence-corrected chi connectivity index (χ0v) is 26.0. The number of aryl methyl sites for hydroxylation is 1. The smallest absolute Gasteiger partial charge is 0.374 e. The van der Waals surface area contributed by atoms with E-state index < -0.39 is 36.5 Å². The van der Waals surface area contributed by atoms with E-state index in [0.29, 0.717) is 31.7 Å². The number of anilines is 1. The summed E-state index contributed by atoms with van der Waals surface area (Å²) in [5.74, 6) is 0.0797. The third kappa shape index (κ3) is 8.70. The number of hydrogen-bond acceptors (Lipinski definition) is 7. The molecule has 4 rings (SSSR count). The molecule has 1 aliphatic heterocycles. The summed E-state index contributed by atoms with van der Waals surface area (Å²) in [4.78, 5) is 46.6. The molecule has 0 aliphatic carbocycles. The Kier molecular flexibility index (Phi) is 11.2. The van der Waals surface area contributed by atoms with Gasteiger partial charge < -0.3 is 35.1 Å². The quantitative estimate of drug-likeness (QED) is 0.208. The number of ether oxygens (including phenoxy) is 1. The molecule has 234 valence electrons. The van der Waals surface area contributed by atoms with Crippen molar-refractivity contribution < 1.29 is 24.1 Å². The predicted molar refractivity (Wildman–Crippen MR) is 170 cm³/mol. The van der Waals surface area contributed by atoms with Gasteiger partial charge in [0.1, 0.15) is 17.8 Å². The first-order valence-corrected chi connectivity index (χ1v) is 15.1. The summed E-state index contributed by atoms with van der Waals surface area (Å²) in [7, 11) is 0.682. The first kappa shape index (κ1) is 32.8. The van der Waals surface area contributed by atoms with E-state index in [1.54, 1.807) is 31.7 Å². The Bertz CT molecular complexity index is 1390. The average molecular weight is 603 g/mol. The van der Waals surface area contributed by atoms with Gasteiger partial charge in [0.15, 0.2) is 5.82 Å². The van der Waals surface area contributed by atoms with Crippen molar-refractivity contribution >= 4 is 30.6 Å². The lowest BCUT2D eigenvalue weighted by Crippen LogP contribution is -2.60. The van der Waals surface area contributed by atoms with Gasteiger partial charge in [0, 0.05) is 19.3 Å². The number of carbonyl (C=O) groups is 3. The first-order chi connectivity index (χ1) is 21.1. The first-order valence-electron chi connectivity index (χ1n) is 15.1. The third-order valence-corrected chi connectivity index (χ3v) is 7.79. The highest BCUT2D eigenvalue weighted by Gasteiger charge is 2.33. The predicted octanol–water partition coefficient (Wildman–Crippen LogP) is 3.03. The Hall–Kier alpha value is -4.16. The van der Waals surface area contributed by atoms with E-state index >= 15 is 0 Å². The van der Waals surface area contributed by atoms with Crippen LogP contribution in [0.3, 0.4) is 0 Å². The van der Waals surface area contributed by atoms with Gasteiger partial charge in [0.2, 0.25) is 17.7 Å². The molecule has 3 aromatic rings. The molecule has 12 heteroatoms. The number of nitrogens with zero attached hydrogens (tertiary/aromatic N) is 3. The molecule has 1 aliphatic rings. The van der Waals surface area contributed by atoms with Crippen LogP contribution in [-0.2, 0) is 20.8 Å². The Balaban J connectivity index is 1.52. The molecule has 2 aromatic carbocycles. The van der Waals surface area contributed by atoms with Gasteiger partial charge in [-0.25, -0.2) is 4.98 Å². The number of hydrogen-bond donors (Lipinski definition) is 4. The van der Waals surface area contributed by atoms with Crippen molar-refractivity contribution in [2.24, 2.45) is 0 Å². The van der Waals surface area contributed by atoms with Crippen LogP contribution in [0, 0.1) is 0 Å². The van der Waals surface area contributed by atoms with Crippen molar-refractivity contribution in [3.05, 3.63) is 78.2 Å². The van der Waals surface area contributed by atoms with Crippen molar-refractivity contribution in [3.63, 3.8) is 0 Å². The maximum absolute atomic E-state index is 13.7. The lowest BCUT2D eigenvalue weighted by atomic mass is 9.83. The minimum atomic E-state index is -1.12. The Morgan fingerprint density at radius 2 is 1.75 bits per heavy atom. The molecule has 4 N–H and O–H groups in total. The molecule has 11 nitrogen and oxygen atoms in total. The lowest BCUT2D eigenvalue weighted by Gasteiger charge is -2.28. The summed E-state index contributed by atoms with van der Waals surface area (Å²) in [6.07, 6.45) is 6.90. The number of nitrogens with one attached hydrogen (secondary N) is 3. The van der Waals surface area contributed by atoms with Gasteiger partial charge in [-0.2, -0.15) is 0 Å². The molecular formula is C32H43BN6O5. The molecule has 1 fully saturated rings. The molecule has 3 amide bonds. The molecule has 0 radical (unpaired) electrons. The number of rotatable bonds is 14. The molecule has 2 unspecified atom stereocenters. The van der Waals surface area contributed by atoms with Crippen LogP contribution in [0.25, 0.3) is 0 Å². The maximum atomic E-state index is 13.7. The van der Waals surface area contributed by atoms with Crippen molar-refractivity contribution in [2.75, 3.05) is 25.5 Å². The standard InChI is InChI=1S/C32H43BN6O5/c1-32(2,37-33(3)43)31(42)35-26(14-10-13-23-11-6-5-7-12-23)29(40)36-27-21-39(22-34-27)28(30(41)38-19-8-9-20-38)24-15-17-25(44-4)18-16-24/h5-7,11-12,15-18,21-22,26,28,37,43H,8-10,13-14,19-20H2,1-4H3,(H,35,42)(H,36,40). The second-order valence-electron chi connectivity index (χ2n) is 11.8. The van der Waals surface area contributed by atoms with Crippen molar-refractivity contribution in [3.8, 4) is 5.75 Å². The summed E-state index contributed by atoms with van der Waals surface area (Å²) in [6, 6.07) is 15.8. The molecule has 1 aromatic heterocycles. The summed E-state index contributed by atoms with van der Waals surface area (Å²) in [6.45, 7) is 6.23. The largest absolute Gasteiger partial charge is 0.497 e. The zero-order valence-electron chi connectivity index (χ0n) is 26.0. The van der Waals surface area contributed by atoms with Gasteiger partial charge >= 0.3 is 7.05 Å². The fraction of sp³-hybridized carbons (Fsp3) is 0.438. The number of imidazole rings is 1. The van der Waals surface area contributed by atoms with Crippen LogP contribution < -0.4 is 20.6 Å². The molecular weight excluding hydrogens is 559 g/mol. The van der Waals surface area contributed by atoms with E-state index in [9.17, 15) is 19.4 Å². The van der Waals surface area contributed by atoms with Crippen LogP contribution in [0.4, 0.5) is 5.82 Å². The summed E-state index contributed by atoms with van der Waals surface area (Å²) in [5, 5.41) is 18.3. The highest BCUT2D eigenvalue weighted by Crippen LogP contribution is 2.26. The molecule has 2 atom stereocenters. The van der Waals surface area contributed by atoms with Gasteiger partial charge in [-0.1, -0.05) is 42.5 Å². The Morgan fingerprint density at radius 3 is 2.39 bits per heavy atom. The molecule has 2 heterocycles. The zero-order chi connectivity index (χ0) is 31.7. The van der Waals surface area contributed by atoms with Crippen LogP contribution in [0.1, 0.15) is 56.7 Å². The second kappa shape index (κ2) is 15.0. The van der Waals surface area contributed by atoms with E-state index in [0.717, 1.165) is 30.4 Å².